The molecule has 0 aromatic carbocycles. The highest BCUT2D eigenvalue weighted by Gasteiger charge is 2.43. The zero-order chi connectivity index (χ0) is 14.9. The van der Waals surface area contributed by atoms with E-state index >= 15 is 0 Å². The van der Waals surface area contributed by atoms with Gasteiger partial charge in [0.15, 0.2) is 17.1 Å². The molecule has 1 fully saturated rings. The van der Waals surface area contributed by atoms with E-state index in [2.05, 4.69) is 10.3 Å². The van der Waals surface area contributed by atoms with Gasteiger partial charge in [-0.1, -0.05) is 11.3 Å². The minimum absolute atomic E-state index is 0.135. The molecule has 112 valence electrons. The number of ketones is 1. The summed E-state index contributed by atoms with van der Waals surface area (Å²) in [5.74, 6) is -0.135. The molecule has 20 heavy (non-hydrogen) atoms. The van der Waals surface area contributed by atoms with Crippen molar-refractivity contribution in [2.45, 2.75) is 37.6 Å². The second-order valence-corrected chi connectivity index (χ2v) is 5.51. The fourth-order valence-electron chi connectivity index (χ4n) is 1.85. The molecule has 2 unspecified atom stereocenters. The van der Waals surface area contributed by atoms with Gasteiger partial charge in [-0.3, -0.25) is 4.79 Å². The third-order valence-corrected chi connectivity index (χ3v) is 4.04. The number of hydrogen-bond donors (Lipinski definition) is 5. The van der Waals surface area contributed by atoms with E-state index in [1.165, 1.54) is 13.1 Å². The molecular weight excluding hydrogens is 288 g/mol. The Bertz CT molecular complexity index is 479. The minimum Gasteiger partial charge on any atom is -0.394 e. The molecule has 0 amide bonds. The predicted octanol–water partition coefficient (Wildman–Crippen LogP) is -1.44. The first-order chi connectivity index (χ1) is 9.43. The molecule has 0 aliphatic carbocycles. The molecule has 5 atom stereocenters. The van der Waals surface area contributed by atoms with Gasteiger partial charge < -0.3 is 30.5 Å². The summed E-state index contributed by atoms with van der Waals surface area (Å²) in [6.45, 7) is 0.908. The molecule has 1 aromatic heterocycles. The number of carbonyl (C=O) groups is 1. The van der Waals surface area contributed by atoms with E-state index in [0.29, 0.717) is 10.0 Å². The van der Waals surface area contributed by atoms with Crippen molar-refractivity contribution < 1.29 is 30.0 Å². The molecule has 0 saturated carbocycles. The molecule has 0 bridgehead atoms. The first kappa shape index (κ1) is 15.3. The van der Waals surface area contributed by atoms with E-state index in [1.807, 2.05) is 0 Å². The molecule has 9 heteroatoms. The van der Waals surface area contributed by atoms with Crippen molar-refractivity contribution in [2.24, 2.45) is 0 Å². The number of nitrogens with zero attached hydrogens (tertiary/aromatic N) is 1. The second-order valence-electron chi connectivity index (χ2n) is 4.48. The first-order valence-electron chi connectivity index (χ1n) is 5.98. The van der Waals surface area contributed by atoms with E-state index in [1.54, 1.807) is 0 Å². The Morgan fingerprint density at radius 1 is 1.40 bits per heavy atom. The number of aliphatic hydroxyl groups excluding tert-OH is 4. The fourth-order valence-corrected chi connectivity index (χ4v) is 2.58. The van der Waals surface area contributed by atoms with Crippen molar-refractivity contribution in [3.05, 3.63) is 11.1 Å². The van der Waals surface area contributed by atoms with Gasteiger partial charge in [-0.05, 0) is 0 Å². The summed E-state index contributed by atoms with van der Waals surface area (Å²) in [6, 6.07) is 0. The highest BCUT2D eigenvalue weighted by atomic mass is 32.1. The van der Waals surface area contributed by atoms with Crippen molar-refractivity contribution >= 4 is 22.3 Å². The standard InChI is InChI=1S/C11H16N2O6S/c1-4(15)6-2-12-11(20-6)13-10-9(18)8(17)7(16)5(3-14)19-10/h2,5,7-10,14,16-18H,3H2,1H3,(H,12,13)/t5?,7-,8+,9?,10+/m1/s1. The molecule has 1 aliphatic heterocycles. The lowest BCUT2D eigenvalue weighted by molar-refractivity contribution is -0.221. The van der Waals surface area contributed by atoms with Crippen LogP contribution in [-0.4, -0.2) is 68.4 Å². The number of rotatable bonds is 4. The van der Waals surface area contributed by atoms with Gasteiger partial charge in [0, 0.05) is 6.92 Å². The van der Waals surface area contributed by atoms with Crippen LogP contribution in [0.2, 0.25) is 0 Å². The van der Waals surface area contributed by atoms with Crippen molar-refractivity contribution in [1.29, 1.82) is 0 Å². The maximum Gasteiger partial charge on any atom is 0.185 e. The SMILES string of the molecule is CC(=O)c1cnc(N[C@H]2OC(CO)[C@@H](O)[C@H](O)C2O)s1. The number of nitrogens with one attached hydrogen (secondary N) is 1. The molecule has 1 saturated heterocycles. The lowest BCUT2D eigenvalue weighted by atomic mass is 9.98. The molecule has 2 heterocycles. The average molecular weight is 304 g/mol. The fraction of sp³-hybridized carbons (Fsp3) is 0.636. The number of thiazole rings is 1. The molecular formula is C11H16N2O6S. The predicted molar refractivity (Wildman–Crippen MR) is 69.5 cm³/mol. The zero-order valence-electron chi connectivity index (χ0n) is 10.6. The maximum absolute atomic E-state index is 11.2. The van der Waals surface area contributed by atoms with Crippen LogP contribution in [0.1, 0.15) is 16.6 Å². The summed E-state index contributed by atoms with van der Waals surface area (Å²) < 4.78 is 5.26. The normalized spacial score (nSPS) is 34.0. The smallest absolute Gasteiger partial charge is 0.185 e. The van der Waals surface area contributed by atoms with Crippen molar-refractivity contribution in [2.75, 3.05) is 11.9 Å². The molecule has 8 nitrogen and oxygen atoms in total. The van der Waals surface area contributed by atoms with Crippen molar-refractivity contribution in [1.82, 2.24) is 4.98 Å². The molecule has 1 aromatic rings. The Hall–Kier alpha value is -1.10. The average Bonchev–Trinajstić information content (AvgIpc) is 2.88. The van der Waals surface area contributed by atoms with E-state index < -0.39 is 37.3 Å². The second kappa shape index (κ2) is 6.12. The third-order valence-electron chi connectivity index (χ3n) is 3.01. The zero-order valence-corrected chi connectivity index (χ0v) is 11.4. The Balaban J connectivity index is 2.08. The minimum atomic E-state index is -1.45. The summed E-state index contributed by atoms with van der Waals surface area (Å²) in [7, 11) is 0. The van der Waals surface area contributed by atoms with Gasteiger partial charge in [-0.2, -0.15) is 0 Å². The summed E-state index contributed by atoms with van der Waals surface area (Å²) >= 11 is 1.08. The molecule has 0 radical (unpaired) electrons. The quantitative estimate of drug-likeness (QED) is 0.427. The summed E-state index contributed by atoms with van der Waals surface area (Å²) in [5, 5.41) is 41.2. The Morgan fingerprint density at radius 3 is 2.65 bits per heavy atom. The first-order valence-corrected chi connectivity index (χ1v) is 6.79. The highest BCUT2D eigenvalue weighted by molar-refractivity contribution is 7.17. The molecule has 2 rings (SSSR count). The van der Waals surface area contributed by atoms with Gasteiger partial charge in [-0.25, -0.2) is 4.98 Å². The Morgan fingerprint density at radius 2 is 2.10 bits per heavy atom. The number of Topliss-reactive ketones (excluding diaryl/α,β-unsaturated/α-hetero) is 1. The van der Waals surface area contributed by atoms with Crippen molar-refractivity contribution in [3.8, 4) is 0 Å². The van der Waals surface area contributed by atoms with Gasteiger partial charge in [-0.15, -0.1) is 0 Å². The molecule has 0 spiro atoms. The Labute approximate surface area is 118 Å². The van der Waals surface area contributed by atoms with E-state index in [0.717, 1.165) is 11.3 Å². The van der Waals surface area contributed by atoms with Gasteiger partial charge in [0.05, 0.1) is 17.7 Å². The monoisotopic (exact) mass is 304 g/mol. The lowest BCUT2D eigenvalue weighted by Crippen LogP contribution is -2.60. The third kappa shape index (κ3) is 2.97. The van der Waals surface area contributed by atoms with E-state index in [4.69, 9.17) is 9.84 Å². The summed E-state index contributed by atoms with van der Waals surface area (Å²) in [4.78, 5) is 15.6. The van der Waals surface area contributed by atoms with Crippen LogP contribution in [-0.2, 0) is 4.74 Å². The lowest BCUT2D eigenvalue weighted by Gasteiger charge is -2.40. The Kier molecular flexibility index (Phi) is 4.68. The van der Waals surface area contributed by atoms with Crippen LogP contribution in [0.5, 0.6) is 0 Å². The van der Waals surface area contributed by atoms with Gasteiger partial charge in [0.1, 0.15) is 24.4 Å². The van der Waals surface area contributed by atoms with Crippen LogP contribution in [0, 0.1) is 0 Å². The number of aromatic nitrogens is 1. The van der Waals surface area contributed by atoms with Crippen LogP contribution >= 0.6 is 11.3 Å². The van der Waals surface area contributed by atoms with Crippen LogP contribution in [0.4, 0.5) is 5.13 Å². The number of carbonyl (C=O) groups excluding carboxylic acids is 1. The maximum atomic E-state index is 11.2. The summed E-state index contributed by atoms with van der Waals surface area (Å²) in [5.41, 5.74) is 0. The molecule has 5 N–H and O–H groups in total. The van der Waals surface area contributed by atoms with E-state index in [9.17, 15) is 20.1 Å². The number of aliphatic hydroxyl groups is 4. The van der Waals surface area contributed by atoms with Crippen LogP contribution < -0.4 is 5.32 Å². The largest absolute Gasteiger partial charge is 0.394 e. The van der Waals surface area contributed by atoms with Crippen LogP contribution in [0.25, 0.3) is 0 Å². The summed E-state index contributed by atoms with van der Waals surface area (Å²) in [6.07, 6.45) is -4.89. The van der Waals surface area contributed by atoms with Crippen molar-refractivity contribution in [3.63, 3.8) is 0 Å². The highest BCUT2D eigenvalue weighted by Crippen LogP contribution is 2.25. The topological polar surface area (TPSA) is 132 Å². The van der Waals surface area contributed by atoms with E-state index in [-0.39, 0.29) is 5.78 Å². The molecule has 1 aliphatic rings. The number of anilines is 1. The van der Waals surface area contributed by atoms with Gasteiger partial charge in [0.2, 0.25) is 0 Å². The van der Waals surface area contributed by atoms with Gasteiger partial charge >= 0.3 is 0 Å². The van der Waals surface area contributed by atoms with Gasteiger partial charge in [0.25, 0.3) is 0 Å². The number of ether oxygens (including phenoxy) is 1. The van der Waals surface area contributed by atoms with Crippen LogP contribution in [0.3, 0.4) is 0 Å². The number of hydrogen-bond acceptors (Lipinski definition) is 9. The van der Waals surface area contributed by atoms with Crippen LogP contribution in [0.15, 0.2) is 6.20 Å².